The third kappa shape index (κ3) is 2.44. The minimum Gasteiger partial charge on any atom is -0.335 e. The van der Waals surface area contributed by atoms with Crippen molar-refractivity contribution in [1.29, 1.82) is 0 Å². The molecule has 0 N–H and O–H groups in total. The molecule has 0 bridgehead atoms. The van der Waals surface area contributed by atoms with E-state index in [2.05, 4.69) is 40.2 Å². The first-order valence-electron chi connectivity index (χ1n) is 8.16. The molecule has 0 unspecified atom stereocenters. The first-order valence-corrected chi connectivity index (χ1v) is 8.16. The van der Waals surface area contributed by atoms with E-state index in [-0.39, 0.29) is 11.7 Å². The Balaban J connectivity index is 1.57. The van der Waals surface area contributed by atoms with Crippen LogP contribution in [0.2, 0.25) is 0 Å². The Morgan fingerprint density at radius 1 is 1.21 bits per heavy atom. The number of carbonyl (C=O) groups excluding carboxylic acids is 1. The minimum atomic E-state index is -0.115. The quantitative estimate of drug-likeness (QED) is 0.727. The summed E-state index contributed by atoms with van der Waals surface area (Å²) in [5.41, 5.74) is 3.52. The van der Waals surface area contributed by atoms with Gasteiger partial charge >= 0.3 is 0 Å². The highest BCUT2D eigenvalue weighted by Crippen LogP contribution is 2.29. The second-order valence-electron chi connectivity index (χ2n) is 6.33. The second kappa shape index (κ2) is 5.70. The van der Waals surface area contributed by atoms with Gasteiger partial charge in [-0.1, -0.05) is 24.3 Å². The smallest absolute Gasteiger partial charge is 0.293 e. The van der Waals surface area contributed by atoms with Gasteiger partial charge in [0.15, 0.2) is 0 Å². The molecule has 1 aromatic carbocycles. The number of benzene rings is 1. The predicted octanol–water partition coefficient (Wildman–Crippen LogP) is 2.37. The zero-order valence-corrected chi connectivity index (χ0v) is 13.8. The first kappa shape index (κ1) is 14.8. The summed E-state index contributed by atoms with van der Waals surface area (Å²) in [6.45, 7) is 5.49. The van der Waals surface area contributed by atoms with Crippen molar-refractivity contribution in [2.45, 2.75) is 26.2 Å². The molecule has 2 aromatic heterocycles. The van der Waals surface area contributed by atoms with Gasteiger partial charge in [-0.3, -0.25) is 4.79 Å². The number of amides is 1. The van der Waals surface area contributed by atoms with Crippen LogP contribution >= 0.6 is 0 Å². The van der Waals surface area contributed by atoms with Gasteiger partial charge < -0.3 is 4.90 Å². The Kier molecular flexibility index (Phi) is 3.52. The van der Waals surface area contributed by atoms with E-state index in [0.29, 0.717) is 18.2 Å². The Labute approximate surface area is 140 Å². The Hall–Kier alpha value is -2.76. The summed E-state index contributed by atoms with van der Waals surface area (Å²) in [5, 5.41) is 4.32. The first-order chi connectivity index (χ1) is 11.6. The van der Waals surface area contributed by atoms with Gasteiger partial charge in [-0.15, -0.1) is 5.10 Å². The molecule has 1 aliphatic rings. The predicted molar refractivity (Wildman–Crippen MR) is 90.0 cm³/mol. The van der Waals surface area contributed by atoms with E-state index in [4.69, 9.17) is 0 Å². The van der Waals surface area contributed by atoms with Gasteiger partial charge in [-0.2, -0.15) is 4.98 Å². The van der Waals surface area contributed by atoms with Crippen LogP contribution in [0.4, 0.5) is 0 Å². The SMILES string of the molecule is Cc1ccccc1[C@H]1CCN(C(=O)c2nc3nccc(C)n3n2)C1. The van der Waals surface area contributed by atoms with E-state index in [0.717, 1.165) is 18.7 Å². The molecule has 1 saturated heterocycles. The van der Waals surface area contributed by atoms with Crippen molar-refractivity contribution in [3.63, 3.8) is 0 Å². The minimum absolute atomic E-state index is 0.115. The lowest BCUT2D eigenvalue weighted by molar-refractivity contribution is 0.0779. The van der Waals surface area contributed by atoms with Gasteiger partial charge in [0.05, 0.1) is 0 Å². The van der Waals surface area contributed by atoms with Crippen molar-refractivity contribution in [2.75, 3.05) is 13.1 Å². The molecule has 3 aromatic rings. The van der Waals surface area contributed by atoms with Crippen LogP contribution in [-0.4, -0.2) is 43.5 Å². The Morgan fingerprint density at radius 2 is 2.04 bits per heavy atom. The highest BCUT2D eigenvalue weighted by molar-refractivity contribution is 5.91. The fourth-order valence-corrected chi connectivity index (χ4v) is 3.38. The number of carbonyl (C=O) groups is 1. The standard InChI is InChI=1S/C18H19N5O/c1-12-5-3-4-6-15(12)14-8-10-22(11-14)17(24)16-20-18-19-9-7-13(2)23(18)21-16/h3-7,9,14H,8,10-11H2,1-2H3/t14-/m0/s1. The van der Waals surface area contributed by atoms with Crippen molar-refractivity contribution in [3.05, 3.63) is 59.2 Å². The zero-order valence-electron chi connectivity index (χ0n) is 13.8. The molecule has 0 spiro atoms. The van der Waals surface area contributed by atoms with Gasteiger partial charge in [0.25, 0.3) is 11.7 Å². The van der Waals surface area contributed by atoms with Gasteiger partial charge in [-0.05, 0) is 37.5 Å². The molecule has 6 nitrogen and oxygen atoms in total. The number of rotatable bonds is 2. The molecule has 0 saturated carbocycles. The van der Waals surface area contributed by atoms with Crippen LogP contribution in [0.1, 0.15) is 39.8 Å². The summed E-state index contributed by atoms with van der Waals surface area (Å²) >= 11 is 0. The van der Waals surface area contributed by atoms with Crippen LogP contribution in [0.15, 0.2) is 36.5 Å². The molecular weight excluding hydrogens is 302 g/mol. The third-order valence-corrected chi connectivity index (χ3v) is 4.72. The molecule has 24 heavy (non-hydrogen) atoms. The average Bonchev–Trinajstić information content (AvgIpc) is 3.22. The van der Waals surface area contributed by atoms with Gasteiger partial charge in [0, 0.05) is 30.9 Å². The lowest BCUT2D eigenvalue weighted by Crippen LogP contribution is -2.29. The van der Waals surface area contributed by atoms with Crippen molar-refractivity contribution in [2.24, 2.45) is 0 Å². The molecule has 6 heteroatoms. The summed E-state index contributed by atoms with van der Waals surface area (Å²) in [4.78, 5) is 23.0. The number of aryl methyl sites for hydroxylation is 2. The summed E-state index contributed by atoms with van der Waals surface area (Å²) < 4.78 is 1.61. The number of aromatic nitrogens is 4. The largest absolute Gasteiger partial charge is 0.335 e. The normalized spacial score (nSPS) is 17.6. The number of hydrogen-bond acceptors (Lipinski definition) is 4. The van der Waals surface area contributed by atoms with Crippen LogP contribution in [0, 0.1) is 13.8 Å². The molecule has 1 amide bonds. The summed E-state index contributed by atoms with van der Waals surface area (Å²) in [6.07, 6.45) is 2.65. The number of hydrogen-bond donors (Lipinski definition) is 0. The number of likely N-dealkylation sites (tertiary alicyclic amines) is 1. The molecule has 0 aliphatic carbocycles. The molecule has 1 fully saturated rings. The van der Waals surface area contributed by atoms with Crippen LogP contribution in [-0.2, 0) is 0 Å². The van der Waals surface area contributed by atoms with Gasteiger partial charge in [-0.25, -0.2) is 9.50 Å². The van der Waals surface area contributed by atoms with E-state index in [9.17, 15) is 4.79 Å². The Morgan fingerprint density at radius 3 is 2.83 bits per heavy atom. The third-order valence-electron chi connectivity index (χ3n) is 4.72. The highest BCUT2D eigenvalue weighted by Gasteiger charge is 2.30. The van der Waals surface area contributed by atoms with E-state index in [1.807, 2.05) is 24.0 Å². The van der Waals surface area contributed by atoms with Gasteiger partial charge in [0.1, 0.15) is 0 Å². The van der Waals surface area contributed by atoms with Crippen molar-refractivity contribution < 1.29 is 4.79 Å². The lowest BCUT2D eigenvalue weighted by Gasteiger charge is -2.16. The summed E-state index contributed by atoms with van der Waals surface area (Å²) in [7, 11) is 0. The van der Waals surface area contributed by atoms with Crippen LogP contribution in [0.25, 0.3) is 5.78 Å². The molecule has 1 aliphatic heterocycles. The average molecular weight is 321 g/mol. The monoisotopic (exact) mass is 321 g/mol. The van der Waals surface area contributed by atoms with Crippen LogP contribution in [0.5, 0.6) is 0 Å². The van der Waals surface area contributed by atoms with Crippen LogP contribution < -0.4 is 0 Å². The maximum Gasteiger partial charge on any atom is 0.293 e. The Bertz CT molecular complexity index is 917. The molecule has 122 valence electrons. The van der Waals surface area contributed by atoms with E-state index < -0.39 is 0 Å². The van der Waals surface area contributed by atoms with Crippen molar-refractivity contribution >= 4 is 11.7 Å². The highest BCUT2D eigenvalue weighted by atomic mass is 16.2. The topological polar surface area (TPSA) is 63.4 Å². The van der Waals surface area contributed by atoms with E-state index >= 15 is 0 Å². The second-order valence-corrected chi connectivity index (χ2v) is 6.33. The molecule has 4 rings (SSSR count). The van der Waals surface area contributed by atoms with E-state index in [1.54, 1.807) is 10.7 Å². The van der Waals surface area contributed by atoms with Crippen LogP contribution in [0.3, 0.4) is 0 Å². The maximum absolute atomic E-state index is 12.7. The fourth-order valence-electron chi connectivity index (χ4n) is 3.38. The molecule has 1 atom stereocenters. The fraction of sp³-hybridized carbons (Fsp3) is 0.333. The maximum atomic E-state index is 12.7. The van der Waals surface area contributed by atoms with Crippen molar-refractivity contribution in [1.82, 2.24) is 24.5 Å². The van der Waals surface area contributed by atoms with Crippen molar-refractivity contribution in [3.8, 4) is 0 Å². The summed E-state index contributed by atoms with van der Waals surface area (Å²) in [5.74, 6) is 0.957. The molecular formula is C18H19N5O. The number of nitrogens with zero attached hydrogens (tertiary/aromatic N) is 5. The number of fused-ring (bicyclic) bond motifs is 1. The van der Waals surface area contributed by atoms with E-state index in [1.165, 1.54) is 11.1 Å². The van der Waals surface area contributed by atoms with Gasteiger partial charge in [0.2, 0.25) is 5.82 Å². The zero-order chi connectivity index (χ0) is 16.7. The lowest BCUT2D eigenvalue weighted by atomic mass is 9.94. The molecule has 0 radical (unpaired) electrons. The summed E-state index contributed by atoms with van der Waals surface area (Å²) in [6, 6.07) is 10.2. The molecule has 3 heterocycles.